The molecule has 2 aliphatic carbocycles. The summed E-state index contributed by atoms with van der Waals surface area (Å²) in [6.45, 7) is 0.390. The second kappa shape index (κ2) is 11.3. The first-order chi connectivity index (χ1) is 19.9. The second-order valence-corrected chi connectivity index (χ2v) is 10.8. The number of hydrogen-bond donors (Lipinski definition) is 1. The molecule has 9 nitrogen and oxygen atoms in total. The number of hydrogen-bond acceptors (Lipinski definition) is 7. The highest BCUT2D eigenvalue weighted by Crippen LogP contribution is 2.44. The van der Waals surface area contributed by atoms with Gasteiger partial charge in [-0.25, -0.2) is 4.79 Å². The van der Waals surface area contributed by atoms with Gasteiger partial charge in [-0.1, -0.05) is 18.2 Å². The van der Waals surface area contributed by atoms with Gasteiger partial charge in [-0.3, -0.25) is 19.5 Å². The third-order valence-electron chi connectivity index (χ3n) is 8.35. The molecular formula is C32H32N2O7. The molecule has 2 aromatic carbocycles. The Kier molecular flexibility index (Phi) is 7.45. The molecule has 1 amide bonds. The number of carbonyl (C=O) groups is 3. The van der Waals surface area contributed by atoms with Crippen molar-refractivity contribution >= 4 is 17.7 Å². The number of carboxylic acid groups (broad SMARTS) is 1. The predicted octanol–water partition coefficient (Wildman–Crippen LogP) is 5.44. The van der Waals surface area contributed by atoms with E-state index in [1.165, 1.54) is 4.90 Å². The molecule has 3 aliphatic rings. The standard InChI is InChI=1S/C32H32N2O7/c1-39-26-9-7-21(18-27(26)41-22-4-2-3-5-22)31-28(34(32(37)38)14-15-40-31)20-6-8-23-24(17-20)30(36)25(29(23)35)16-19-10-12-33-13-11-19/h6-13,17-18,22,25,28,31H,2-5,14-16H2,1H3,(H,37,38). The zero-order valence-electron chi connectivity index (χ0n) is 22.8. The first-order valence-electron chi connectivity index (χ1n) is 14.0. The number of benzene rings is 2. The maximum Gasteiger partial charge on any atom is 0.407 e. The molecule has 0 bridgehead atoms. The van der Waals surface area contributed by atoms with Crippen molar-refractivity contribution < 1.29 is 33.7 Å². The summed E-state index contributed by atoms with van der Waals surface area (Å²) in [5.74, 6) is -0.0851. The van der Waals surface area contributed by atoms with Crippen LogP contribution < -0.4 is 9.47 Å². The Morgan fingerprint density at radius 1 is 0.976 bits per heavy atom. The number of ether oxygens (including phenoxy) is 3. The number of aromatic nitrogens is 1. The molecule has 3 atom stereocenters. The number of methoxy groups -OCH3 is 1. The van der Waals surface area contributed by atoms with Gasteiger partial charge < -0.3 is 19.3 Å². The number of nitrogens with zero attached hydrogens (tertiary/aromatic N) is 2. The minimum atomic E-state index is -1.09. The van der Waals surface area contributed by atoms with Crippen LogP contribution in [0.25, 0.3) is 0 Å². The van der Waals surface area contributed by atoms with E-state index in [0.717, 1.165) is 36.8 Å². The Morgan fingerprint density at radius 2 is 1.71 bits per heavy atom. The van der Waals surface area contributed by atoms with Crippen molar-refractivity contribution in [2.24, 2.45) is 5.92 Å². The highest BCUT2D eigenvalue weighted by Gasteiger charge is 2.42. The normalized spacial score (nSPS) is 22.6. The van der Waals surface area contributed by atoms with Gasteiger partial charge >= 0.3 is 6.09 Å². The van der Waals surface area contributed by atoms with E-state index in [-0.39, 0.29) is 37.2 Å². The number of pyridine rings is 1. The monoisotopic (exact) mass is 556 g/mol. The molecule has 2 heterocycles. The van der Waals surface area contributed by atoms with E-state index < -0.39 is 24.2 Å². The van der Waals surface area contributed by atoms with Crippen molar-refractivity contribution in [3.05, 3.63) is 88.7 Å². The van der Waals surface area contributed by atoms with Gasteiger partial charge in [-0.15, -0.1) is 0 Å². The number of fused-ring (bicyclic) bond motifs is 1. The summed E-state index contributed by atoms with van der Waals surface area (Å²) >= 11 is 0. The summed E-state index contributed by atoms with van der Waals surface area (Å²) in [6.07, 6.45) is 6.13. The van der Waals surface area contributed by atoms with Gasteiger partial charge in [0.05, 0.1) is 31.8 Å². The van der Waals surface area contributed by atoms with Gasteiger partial charge in [0.15, 0.2) is 23.1 Å². The van der Waals surface area contributed by atoms with E-state index in [2.05, 4.69) is 4.98 Å². The minimum Gasteiger partial charge on any atom is -0.493 e. The van der Waals surface area contributed by atoms with Crippen molar-refractivity contribution in [3.8, 4) is 11.5 Å². The quantitative estimate of drug-likeness (QED) is 0.383. The van der Waals surface area contributed by atoms with E-state index in [1.54, 1.807) is 49.8 Å². The highest BCUT2D eigenvalue weighted by molar-refractivity contribution is 6.26. The fourth-order valence-corrected chi connectivity index (χ4v) is 6.27. The molecule has 1 aliphatic heterocycles. The van der Waals surface area contributed by atoms with E-state index in [4.69, 9.17) is 14.2 Å². The van der Waals surface area contributed by atoms with Gasteiger partial charge in [0.25, 0.3) is 0 Å². The molecule has 1 N–H and O–H groups in total. The van der Waals surface area contributed by atoms with Crippen LogP contribution in [0.1, 0.15) is 75.2 Å². The van der Waals surface area contributed by atoms with Crippen molar-refractivity contribution in [2.75, 3.05) is 20.3 Å². The largest absolute Gasteiger partial charge is 0.493 e. The van der Waals surface area contributed by atoms with Crippen molar-refractivity contribution in [1.82, 2.24) is 9.88 Å². The number of carbonyl (C=O) groups excluding carboxylic acids is 2. The molecule has 41 heavy (non-hydrogen) atoms. The van der Waals surface area contributed by atoms with Crippen LogP contribution in [-0.2, 0) is 11.2 Å². The van der Waals surface area contributed by atoms with Crippen LogP contribution in [0.4, 0.5) is 4.79 Å². The molecule has 9 heteroatoms. The molecule has 3 aromatic rings. The molecule has 3 unspecified atom stereocenters. The highest BCUT2D eigenvalue weighted by atomic mass is 16.5. The smallest absolute Gasteiger partial charge is 0.407 e. The fraction of sp³-hybridized carbons (Fsp3) is 0.375. The van der Waals surface area contributed by atoms with Crippen LogP contribution in [-0.4, -0.2) is 59.0 Å². The second-order valence-electron chi connectivity index (χ2n) is 10.8. The first kappa shape index (κ1) is 27.0. The van der Waals surface area contributed by atoms with Crippen LogP contribution >= 0.6 is 0 Å². The molecule has 1 saturated heterocycles. The molecule has 1 saturated carbocycles. The molecule has 212 valence electrons. The molecule has 1 aromatic heterocycles. The Hall–Kier alpha value is -4.24. The molecule has 2 fully saturated rings. The maximum atomic E-state index is 13.5. The van der Waals surface area contributed by atoms with E-state index >= 15 is 0 Å². The number of ketones is 2. The third kappa shape index (κ3) is 5.17. The predicted molar refractivity (Wildman–Crippen MR) is 149 cm³/mol. The molecule has 0 spiro atoms. The Labute approximate surface area is 238 Å². The van der Waals surface area contributed by atoms with Crippen LogP contribution in [0.2, 0.25) is 0 Å². The molecule has 0 radical (unpaired) electrons. The maximum absolute atomic E-state index is 13.5. The van der Waals surface area contributed by atoms with Crippen molar-refractivity contribution in [3.63, 3.8) is 0 Å². The third-order valence-corrected chi connectivity index (χ3v) is 8.35. The van der Waals surface area contributed by atoms with Crippen LogP contribution in [0.3, 0.4) is 0 Å². The lowest BCUT2D eigenvalue weighted by atomic mass is 9.91. The first-order valence-corrected chi connectivity index (χ1v) is 14.0. The van der Waals surface area contributed by atoms with Crippen molar-refractivity contribution in [2.45, 2.75) is 50.4 Å². The van der Waals surface area contributed by atoms with E-state index in [1.807, 2.05) is 18.2 Å². The molecule has 6 rings (SSSR count). The average Bonchev–Trinajstić information content (AvgIpc) is 3.59. The zero-order chi connectivity index (χ0) is 28.5. The van der Waals surface area contributed by atoms with Crippen LogP contribution in [0.15, 0.2) is 60.9 Å². The van der Waals surface area contributed by atoms with Crippen LogP contribution in [0.5, 0.6) is 11.5 Å². The van der Waals surface area contributed by atoms with Gasteiger partial charge in [0, 0.05) is 30.1 Å². The van der Waals surface area contributed by atoms with E-state index in [9.17, 15) is 19.5 Å². The lowest BCUT2D eigenvalue weighted by molar-refractivity contribution is -0.0650. The summed E-state index contributed by atoms with van der Waals surface area (Å²) in [4.78, 5) is 44.4. The van der Waals surface area contributed by atoms with Gasteiger partial charge in [-0.2, -0.15) is 0 Å². The topological polar surface area (TPSA) is 115 Å². The Morgan fingerprint density at radius 3 is 2.44 bits per heavy atom. The van der Waals surface area contributed by atoms with Gasteiger partial charge in [-0.05, 0) is 79.1 Å². The average molecular weight is 557 g/mol. The summed E-state index contributed by atoms with van der Waals surface area (Å²) < 4.78 is 18.1. The van der Waals surface area contributed by atoms with Gasteiger partial charge in [0.1, 0.15) is 6.10 Å². The van der Waals surface area contributed by atoms with Crippen LogP contribution in [0, 0.1) is 5.92 Å². The summed E-state index contributed by atoms with van der Waals surface area (Å²) in [5.41, 5.74) is 2.88. The minimum absolute atomic E-state index is 0.109. The summed E-state index contributed by atoms with van der Waals surface area (Å²) in [5, 5.41) is 10.2. The lowest BCUT2D eigenvalue weighted by Gasteiger charge is -2.40. The number of amides is 1. The number of Topliss-reactive ketones (excluding diaryl/α,β-unsaturated/α-hetero) is 2. The number of morpholine rings is 1. The number of rotatable bonds is 7. The SMILES string of the molecule is COc1ccc(C2OCCN(C(=O)O)C2c2ccc3c(c2)C(=O)C(Cc2ccncc2)C3=O)cc1OC1CCCC1. The van der Waals surface area contributed by atoms with Gasteiger partial charge in [0.2, 0.25) is 0 Å². The van der Waals surface area contributed by atoms with Crippen molar-refractivity contribution in [1.29, 1.82) is 0 Å². The zero-order valence-corrected chi connectivity index (χ0v) is 22.8. The Balaban J connectivity index is 1.35. The Bertz CT molecular complexity index is 1470. The summed E-state index contributed by atoms with van der Waals surface area (Å²) in [6, 6.07) is 13.4. The van der Waals surface area contributed by atoms with E-state index in [0.29, 0.717) is 28.2 Å². The fourth-order valence-electron chi connectivity index (χ4n) is 6.27. The molecular weight excluding hydrogens is 524 g/mol. The lowest BCUT2D eigenvalue weighted by Crippen LogP contribution is -2.44. The summed E-state index contributed by atoms with van der Waals surface area (Å²) in [7, 11) is 1.59.